The molecule has 1 fully saturated rings. The number of halogens is 2. The molecular formula is C20H19ClFNO3. The lowest BCUT2D eigenvalue weighted by Gasteiger charge is -2.18. The third-order valence-corrected chi connectivity index (χ3v) is 4.96. The molecular weight excluding hydrogens is 357 g/mol. The predicted octanol–water partition coefficient (Wildman–Crippen LogP) is 4.00. The number of methoxy groups -OCH3 is 1. The number of esters is 1. The number of carbonyl (C=O) groups excluding carboxylic acids is 2. The Balaban J connectivity index is 1.71. The van der Waals surface area contributed by atoms with Crippen LogP contribution in [0, 0.1) is 11.7 Å². The minimum atomic E-state index is -0.567. The normalized spacial score (nSPS) is 19.5. The monoisotopic (exact) mass is 375 g/mol. The Morgan fingerprint density at radius 3 is 2.58 bits per heavy atom. The number of hydrogen-bond donors (Lipinski definition) is 1. The average Bonchev–Trinajstić information content (AvgIpc) is 3.42. The number of ether oxygens (including phenoxy) is 1. The van der Waals surface area contributed by atoms with Crippen molar-refractivity contribution in [1.29, 1.82) is 0 Å². The van der Waals surface area contributed by atoms with Crippen molar-refractivity contribution in [3.63, 3.8) is 0 Å². The highest BCUT2D eigenvalue weighted by Gasteiger charge is 2.45. The number of carbonyl (C=O) groups is 2. The van der Waals surface area contributed by atoms with E-state index in [-0.39, 0.29) is 30.0 Å². The highest BCUT2D eigenvalue weighted by molar-refractivity contribution is 6.31. The van der Waals surface area contributed by atoms with E-state index in [1.54, 1.807) is 12.1 Å². The zero-order valence-corrected chi connectivity index (χ0v) is 15.0. The van der Waals surface area contributed by atoms with Crippen LogP contribution in [-0.2, 0) is 14.3 Å². The molecule has 2 aromatic rings. The van der Waals surface area contributed by atoms with Crippen LogP contribution in [0.5, 0.6) is 0 Å². The second-order valence-electron chi connectivity index (χ2n) is 6.36. The number of amides is 1. The van der Waals surface area contributed by atoms with Gasteiger partial charge in [0.15, 0.2) is 0 Å². The van der Waals surface area contributed by atoms with Gasteiger partial charge in [0.1, 0.15) is 5.82 Å². The van der Waals surface area contributed by atoms with Crippen LogP contribution in [-0.4, -0.2) is 19.0 Å². The molecule has 0 aromatic heterocycles. The van der Waals surface area contributed by atoms with Crippen molar-refractivity contribution < 1.29 is 18.7 Å². The van der Waals surface area contributed by atoms with Crippen LogP contribution in [0.15, 0.2) is 48.5 Å². The van der Waals surface area contributed by atoms with Gasteiger partial charge in [-0.2, -0.15) is 0 Å². The van der Waals surface area contributed by atoms with E-state index < -0.39 is 12.0 Å². The molecule has 1 aliphatic rings. The predicted molar refractivity (Wildman–Crippen MR) is 96.2 cm³/mol. The molecule has 136 valence electrons. The fourth-order valence-electron chi connectivity index (χ4n) is 3.08. The van der Waals surface area contributed by atoms with Crippen LogP contribution in [0.2, 0.25) is 5.02 Å². The first-order valence-corrected chi connectivity index (χ1v) is 8.74. The number of benzene rings is 2. The smallest absolute Gasteiger partial charge is 0.307 e. The number of hydrogen-bond acceptors (Lipinski definition) is 3. The van der Waals surface area contributed by atoms with Gasteiger partial charge in [-0.05, 0) is 41.7 Å². The van der Waals surface area contributed by atoms with Crippen molar-refractivity contribution in [3.8, 4) is 0 Å². The van der Waals surface area contributed by atoms with Gasteiger partial charge >= 0.3 is 5.97 Å². The van der Waals surface area contributed by atoms with E-state index in [2.05, 4.69) is 5.32 Å². The number of nitrogens with one attached hydrogen (secondary N) is 1. The molecule has 0 spiro atoms. The summed E-state index contributed by atoms with van der Waals surface area (Å²) < 4.78 is 17.9. The topological polar surface area (TPSA) is 55.4 Å². The van der Waals surface area contributed by atoms with Gasteiger partial charge in [-0.15, -0.1) is 0 Å². The molecule has 1 N–H and O–H groups in total. The standard InChI is InChI=1S/C20H19ClFNO3/c1-26-19(24)11-18(12-6-8-13(22)9-7-12)23-20(25)16-10-15(16)14-4-2-3-5-17(14)21/h2-9,15-16,18H,10-11H2,1H3,(H,23,25). The van der Waals surface area contributed by atoms with Crippen molar-refractivity contribution in [1.82, 2.24) is 5.32 Å². The molecule has 0 saturated heterocycles. The summed E-state index contributed by atoms with van der Waals surface area (Å²) in [6.07, 6.45) is 0.696. The highest BCUT2D eigenvalue weighted by Crippen LogP contribution is 2.49. The van der Waals surface area contributed by atoms with E-state index >= 15 is 0 Å². The Labute approximate surface area is 156 Å². The van der Waals surface area contributed by atoms with Gasteiger partial charge in [0, 0.05) is 10.9 Å². The van der Waals surface area contributed by atoms with Crippen LogP contribution < -0.4 is 5.32 Å². The van der Waals surface area contributed by atoms with Gasteiger partial charge in [-0.25, -0.2) is 4.39 Å². The Morgan fingerprint density at radius 2 is 1.92 bits per heavy atom. The van der Waals surface area contributed by atoms with E-state index in [1.807, 2.05) is 24.3 Å². The molecule has 2 aromatic carbocycles. The van der Waals surface area contributed by atoms with Gasteiger partial charge < -0.3 is 10.1 Å². The van der Waals surface area contributed by atoms with Crippen molar-refractivity contribution in [2.75, 3.05) is 7.11 Å². The summed E-state index contributed by atoms with van der Waals surface area (Å²) in [5.74, 6) is -1.07. The van der Waals surface area contributed by atoms with Gasteiger partial charge in [-0.3, -0.25) is 9.59 Å². The summed E-state index contributed by atoms with van der Waals surface area (Å²) in [4.78, 5) is 24.3. The second kappa shape index (κ2) is 7.87. The Hall–Kier alpha value is -2.40. The molecule has 3 unspecified atom stereocenters. The molecule has 1 aliphatic carbocycles. The Kier molecular flexibility index (Phi) is 5.57. The summed E-state index contributed by atoms with van der Waals surface area (Å²) in [7, 11) is 1.29. The molecule has 26 heavy (non-hydrogen) atoms. The molecule has 0 bridgehead atoms. The van der Waals surface area contributed by atoms with E-state index in [4.69, 9.17) is 16.3 Å². The first-order chi connectivity index (χ1) is 12.5. The maximum absolute atomic E-state index is 13.2. The van der Waals surface area contributed by atoms with Crippen LogP contribution in [0.3, 0.4) is 0 Å². The van der Waals surface area contributed by atoms with Gasteiger partial charge in [-0.1, -0.05) is 41.9 Å². The zero-order chi connectivity index (χ0) is 18.7. The first-order valence-electron chi connectivity index (χ1n) is 8.36. The summed E-state index contributed by atoms with van der Waals surface area (Å²) in [5, 5.41) is 3.54. The van der Waals surface area contributed by atoms with Crippen LogP contribution in [0.1, 0.15) is 35.9 Å². The molecule has 4 nitrogen and oxygen atoms in total. The molecule has 1 saturated carbocycles. The minimum Gasteiger partial charge on any atom is -0.469 e. The van der Waals surface area contributed by atoms with Crippen molar-refractivity contribution >= 4 is 23.5 Å². The van der Waals surface area contributed by atoms with E-state index in [1.165, 1.54) is 19.2 Å². The molecule has 1 amide bonds. The fraction of sp³-hybridized carbons (Fsp3) is 0.300. The summed E-state index contributed by atoms with van der Waals surface area (Å²) in [5.41, 5.74) is 1.61. The lowest BCUT2D eigenvalue weighted by Crippen LogP contribution is -2.32. The zero-order valence-electron chi connectivity index (χ0n) is 14.2. The third-order valence-electron chi connectivity index (χ3n) is 4.62. The van der Waals surface area contributed by atoms with Gasteiger partial charge in [0.05, 0.1) is 19.6 Å². The van der Waals surface area contributed by atoms with Crippen LogP contribution >= 0.6 is 11.6 Å². The second-order valence-corrected chi connectivity index (χ2v) is 6.77. The summed E-state index contributed by atoms with van der Waals surface area (Å²) in [6, 6.07) is 12.6. The SMILES string of the molecule is COC(=O)CC(NC(=O)C1CC1c1ccccc1Cl)c1ccc(F)cc1. The molecule has 3 rings (SSSR count). The first kappa shape index (κ1) is 18.4. The fourth-order valence-corrected chi connectivity index (χ4v) is 3.36. The van der Waals surface area contributed by atoms with Crippen molar-refractivity contribution in [2.45, 2.75) is 24.8 Å². The third kappa shape index (κ3) is 4.22. The molecule has 0 aliphatic heterocycles. The lowest BCUT2D eigenvalue weighted by molar-refractivity contribution is -0.141. The molecule has 6 heteroatoms. The van der Waals surface area contributed by atoms with E-state index in [9.17, 15) is 14.0 Å². The van der Waals surface area contributed by atoms with Crippen LogP contribution in [0.25, 0.3) is 0 Å². The van der Waals surface area contributed by atoms with Crippen molar-refractivity contribution in [3.05, 3.63) is 70.5 Å². The number of rotatable bonds is 6. The maximum atomic E-state index is 13.2. The highest BCUT2D eigenvalue weighted by atomic mass is 35.5. The maximum Gasteiger partial charge on any atom is 0.307 e. The van der Waals surface area contributed by atoms with E-state index in [0.29, 0.717) is 17.0 Å². The quantitative estimate of drug-likeness (QED) is 0.776. The lowest BCUT2D eigenvalue weighted by atomic mass is 10.0. The Bertz CT molecular complexity index is 809. The molecule has 3 atom stereocenters. The minimum absolute atomic E-state index is 0.0165. The largest absolute Gasteiger partial charge is 0.469 e. The van der Waals surface area contributed by atoms with Gasteiger partial charge in [0.25, 0.3) is 0 Å². The average molecular weight is 376 g/mol. The summed E-state index contributed by atoms with van der Waals surface area (Å²) >= 11 is 6.20. The van der Waals surface area contributed by atoms with Crippen molar-refractivity contribution in [2.24, 2.45) is 5.92 Å². The summed E-state index contributed by atoms with van der Waals surface area (Å²) in [6.45, 7) is 0. The molecule has 0 radical (unpaired) electrons. The van der Waals surface area contributed by atoms with Gasteiger partial charge in [0.2, 0.25) is 5.91 Å². The Morgan fingerprint density at radius 1 is 1.23 bits per heavy atom. The molecule has 0 heterocycles. The van der Waals surface area contributed by atoms with E-state index in [0.717, 1.165) is 5.56 Å². The van der Waals surface area contributed by atoms with Crippen LogP contribution in [0.4, 0.5) is 4.39 Å².